The predicted octanol–water partition coefficient (Wildman–Crippen LogP) is 3.55. The molecule has 0 bridgehead atoms. The molecular weight excluding hydrogens is 364 g/mol. The number of hydrogen-bond donors (Lipinski definition) is 1. The van der Waals surface area contributed by atoms with Crippen LogP contribution >= 0.6 is 0 Å². The summed E-state index contributed by atoms with van der Waals surface area (Å²) in [5, 5.41) is 13.4. The quantitative estimate of drug-likeness (QED) is 0.306. The van der Waals surface area contributed by atoms with Gasteiger partial charge in [0.05, 0.1) is 11.5 Å². The smallest absolute Gasteiger partial charge is 0.306 e. The van der Waals surface area contributed by atoms with Crippen LogP contribution in [0.4, 0.5) is 11.4 Å². The summed E-state index contributed by atoms with van der Waals surface area (Å²) >= 11 is 0. The molecule has 1 amide bonds. The van der Waals surface area contributed by atoms with Crippen molar-refractivity contribution in [1.82, 2.24) is 0 Å². The van der Waals surface area contributed by atoms with Gasteiger partial charge in [-0.1, -0.05) is 23.8 Å². The molecule has 0 unspecified atom stereocenters. The highest BCUT2D eigenvalue weighted by Gasteiger charge is 2.13. The first-order valence-corrected chi connectivity index (χ1v) is 8.75. The van der Waals surface area contributed by atoms with Crippen molar-refractivity contribution in [2.24, 2.45) is 0 Å². The zero-order chi connectivity index (χ0) is 20.5. The molecule has 2 aromatic carbocycles. The van der Waals surface area contributed by atoms with Crippen molar-refractivity contribution in [3.63, 3.8) is 0 Å². The first kappa shape index (κ1) is 20.9. The third kappa shape index (κ3) is 6.71. The highest BCUT2D eigenvalue weighted by molar-refractivity contribution is 5.93. The Morgan fingerprint density at radius 1 is 1.11 bits per heavy atom. The molecule has 0 aliphatic carbocycles. The first-order chi connectivity index (χ1) is 13.3. The molecule has 1 N–H and O–H groups in total. The number of nitrogens with one attached hydrogen (secondary N) is 1. The highest BCUT2D eigenvalue weighted by Crippen LogP contribution is 2.22. The lowest BCUT2D eigenvalue weighted by Crippen LogP contribution is -2.21. The lowest BCUT2D eigenvalue weighted by atomic mass is 10.2. The monoisotopic (exact) mass is 386 g/mol. The van der Waals surface area contributed by atoms with Gasteiger partial charge in [0.15, 0.2) is 6.61 Å². The van der Waals surface area contributed by atoms with Crippen molar-refractivity contribution in [3.05, 3.63) is 63.7 Å². The van der Waals surface area contributed by atoms with Crippen molar-refractivity contribution < 1.29 is 24.0 Å². The van der Waals surface area contributed by atoms with Crippen LogP contribution < -0.4 is 10.1 Å². The molecule has 0 aliphatic rings. The molecule has 8 heteroatoms. The van der Waals surface area contributed by atoms with Gasteiger partial charge >= 0.3 is 5.97 Å². The van der Waals surface area contributed by atoms with Crippen LogP contribution in [0.3, 0.4) is 0 Å². The van der Waals surface area contributed by atoms with Gasteiger partial charge < -0.3 is 14.8 Å². The van der Waals surface area contributed by atoms with E-state index in [1.165, 1.54) is 12.1 Å². The standard InChI is InChI=1S/C20H22N2O6/c1-14-5-9-17(10-6-14)27-11-3-4-20(24)28-13-19(23)21-16-8-7-15(2)18(12-16)22(25)26/h5-10,12H,3-4,11,13H2,1-2H3,(H,21,23). The number of esters is 1. The fraction of sp³-hybridized carbons (Fsp3) is 0.300. The van der Waals surface area contributed by atoms with E-state index >= 15 is 0 Å². The topological polar surface area (TPSA) is 108 Å². The van der Waals surface area contributed by atoms with Crippen molar-refractivity contribution in [3.8, 4) is 5.75 Å². The third-order valence-corrected chi connectivity index (χ3v) is 3.87. The molecule has 0 saturated carbocycles. The van der Waals surface area contributed by atoms with Gasteiger partial charge in [0.25, 0.3) is 11.6 Å². The molecule has 0 spiro atoms. The number of nitro groups is 1. The zero-order valence-electron chi connectivity index (χ0n) is 15.8. The number of ether oxygens (including phenoxy) is 2. The van der Waals surface area contributed by atoms with Gasteiger partial charge in [0.2, 0.25) is 0 Å². The van der Waals surface area contributed by atoms with Gasteiger partial charge in [-0.15, -0.1) is 0 Å². The second kappa shape index (κ2) is 10.1. The summed E-state index contributed by atoms with van der Waals surface area (Å²) < 4.78 is 10.4. The van der Waals surface area contributed by atoms with E-state index in [1.807, 2.05) is 31.2 Å². The Morgan fingerprint density at radius 2 is 1.82 bits per heavy atom. The molecule has 2 aromatic rings. The van der Waals surface area contributed by atoms with E-state index in [4.69, 9.17) is 9.47 Å². The third-order valence-electron chi connectivity index (χ3n) is 3.87. The Kier molecular flexibility index (Phi) is 7.50. The Balaban J connectivity index is 1.68. The minimum atomic E-state index is -0.567. The summed E-state index contributed by atoms with van der Waals surface area (Å²) in [4.78, 5) is 33.9. The lowest BCUT2D eigenvalue weighted by molar-refractivity contribution is -0.385. The van der Waals surface area contributed by atoms with Crippen molar-refractivity contribution in [2.75, 3.05) is 18.5 Å². The van der Waals surface area contributed by atoms with Crippen LogP contribution in [0.2, 0.25) is 0 Å². The summed E-state index contributed by atoms with van der Waals surface area (Å²) in [6.45, 7) is 3.49. The van der Waals surface area contributed by atoms with Crippen LogP contribution in [-0.2, 0) is 14.3 Å². The largest absolute Gasteiger partial charge is 0.494 e. The van der Waals surface area contributed by atoms with Crippen molar-refractivity contribution in [1.29, 1.82) is 0 Å². The predicted molar refractivity (Wildman–Crippen MR) is 103 cm³/mol. The fourth-order valence-electron chi connectivity index (χ4n) is 2.34. The maximum atomic E-state index is 11.8. The van der Waals surface area contributed by atoms with Gasteiger partial charge in [-0.05, 0) is 38.5 Å². The van der Waals surface area contributed by atoms with Crippen LogP contribution in [0.5, 0.6) is 5.75 Å². The molecule has 28 heavy (non-hydrogen) atoms. The number of hydrogen-bond acceptors (Lipinski definition) is 6. The van der Waals surface area contributed by atoms with Crippen LogP contribution in [0.1, 0.15) is 24.0 Å². The number of rotatable bonds is 9. The Labute approximate surface area is 162 Å². The summed E-state index contributed by atoms with van der Waals surface area (Å²) in [6, 6.07) is 11.9. The SMILES string of the molecule is Cc1ccc(OCCCC(=O)OCC(=O)Nc2ccc(C)c([N+](=O)[O-])c2)cc1. The minimum absolute atomic E-state index is 0.0941. The second-order valence-electron chi connectivity index (χ2n) is 6.23. The lowest BCUT2D eigenvalue weighted by Gasteiger charge is -2.08. The van der Waals surface area contributed by atoms with E-state index < -0.39 is 23.4 Å². The number of carbonyl (C=O) groups is 2. The normalized spacial score (nSPS) is 10.2. The van der Waals surface area contributed by atoms with Crippen molar-refractivity contribution >= 4 is 23.3 Å². The average molecular weight is 386 g/mol. The molecule has 2 rings (SSSR count). The van der Waals surface area contributed by atoms with Gasteiger partial charge in [-0.2, -0.15) is 0 Å². The number of carbonyl (C=O) groups excluding carboxylic acids is 2. The summed E-state index contributed by atoms with van der Waals surface area (Å²) in [5.74, 6) is -0.356. The number of nitrogens with zero attached hydrogens (tertiary/aromatic N) is 1. The number of aryl methyl sites for hydroxylation is 2. The van der Waals surface area contributed by atoms with E-state index in [1.54, 1.807) is 13.0 Å². The summed E-state index contributed by atoms with van der Waals surface area (Å²) in [7, 11) is 0. The maximum absolute atomic E-state index is 11.8. The first-order valence-electron chi connectivity index (χ1n) is 8.75. The molecular formula is C20H22N2O6. The molecule has 0 fully saturated rings. The molecule has 0 saturated heterocycles. The fourth-order valence-corrected chi connectivity index (χ4v) is 2.34. The molecule has 0 atom stereocenters. The van der Waals surface area contributed by atoms with E-state index in [9.17, 15) is 19.7 Å². The highest BCUT2D eigenvalue weighted by atomic mass is 16.6. The second-order valence-corrected chi connectivity index (χ2v) is 6.23. The van der Waals surface area contributed by atoms with Crippen LogP contribution in [-0.4, -0.2) is 30.0 Å². The van der Waals surface area contributed by atoms with Crippen molar-refractivity contribution in [2.45, 2.75) is 26.7 Å². The average Bonchev–Trinajstić information content (AvgIpc) is 2.66. The minimum Gasteiger partial charge on any atom is -0.494 e. The van der Waals surface area contributed by atoms with Gasteiger partial charge in [-0.25, -0.2) is 0 Å². The number of amides is 1. The van der Waals surface area contributed by atoms with Crippen LogP contribution in [0.25, 0.3) is 0 Å². The van der Waals surface area contributed by atoms with E-state index in [0.717, 1.165) is 11.3 Å². The van der Waals surface area contributed by atoms with E-state index in [2.05, 4.69) is 5.32 Å². The van der Waals surface area contributed by atoms with Crippen LogP contribution in [0.15, 0.2) is 42.5 Å². The van der Waals surface area contributed by atoms with Crippen LogP contribution in [0, 0.1) is 24.0 Å². The summed E-state index contributed by atoms with van der Waals surface area (Å²) in [5.41, 5.74) is 1.80. The van der Waals surface area contributed by atoms with E-state index in [-0.39, 0.29) is 17.8 Å². The number of nitro benzene ring substituents is 1. The number of benzene rings is 2. The van der Waals surface area contributed by atoms with Gasteiger partial charge in [-0.3, -0.25) is 19.7 Å². The molecule has 0 aliphatic heterocycles. The Morgan fingerprint density at radius 3 is 2.50 bits per heavy atom. The van der Waals surface area contributed by atoms with Gasteiger partial charge in [0.1, 0.15) is 5.75 Å². The Hall–Kier alpha value is -3.42. The van der Waals surface area contributed by atoms with Gasteiger partial charge in [0, 0.05) is 23.7 Å². The number of anilines is 1. The Bertz CT molecular complexity index is 848. The molecule has 0 radical (unpaired) electrons. The maximum Gasteiger partial charge on any atom is 0.306 e. The molecule has 0 aromatic heterocycles. The molecule has 8 nitrogen and oxygen atoms in total. The van der Waals surface area contributed by atoms with E-state index in [0.29, 0.717) is 18.6 Å². The molecule has 0 heterocycles. The zero-order valence-corrected chi connectivity index (χ0v) is 15.8. The molecule has 148 valence electrons. The summed E-state index contributed by atoms with van der Waals surface area (Å²) in [6.07, 6.45) is 0.577.